The SMILES string of the molecule is O=CCc1sccc1C=O. The fraction of sp³-hybridized carbons (Fsp3) is 0.143. The van der Waals surface area contributed by atoms with E-state index in [0.717, 1.165) is 17.4 Å². The summed E-state index contributed by atoms with van der Waals surface area (Å²) >= 11 is 1.44. The standard InChI is InChI=1S/C7H6O2S/c8-3-1-7-6(5-9)2-4-10-7/h2-5H,1H2. The van der Waals surface area contributed by atoms with Crippen LogP contribution in [0.25, 0.3) is 0 Å². The van der Waals surface area contributed by atoms with Crippen LogP contribution in [0.4, 0.5) is 0 Å². The van der Waals surface area contributed by atoms with Crippen molar-refractivity contribution >= 4 is 23.9 Å². The topological polar surface area (TPSA) is 34.1 Å². The van der Waals surface area contributed by atoms with Gasteiger partial charge in [0, 0.05) is 16.9 Å². The summed E-state index contributed by atoms with van der Waals surface area (Å²) in [6, 6.07) is 1.72. The largest absolute Gasteiger partial charge is 0.303 e. The first-order chi connectivity index (χ1) is 4.88. The first kappa shape index (κ1) is 7.15. The molecular formula is C7H6O2S. The van der Waals surface area contributed by atoms with Crippen LogP contribution in [0.1, 0.15) is 15.2 Å². The van der Waals surface area contributed by atoms with Gasteiger partial charge in [-0.05, 0) is 11.4 Å². The molecule has 0 saturated carbocycles. The van der Waals surface area contributed by atoms with Gasteiger partial charge in [0.05, 0.1) is 0 Å². The Labute approximate surface area is 62.5 Å². The molecule has 0 unspecified atom stereocenters. The number of hydrogen-bond acceptors (Lipinski definition) is 3. The van der Waals surface area contributed by atoms with Crippen LogP contribution in [-0.2, 0) is 11.2 Å². The van der Waals surface area contributed by atoms with Gasteiger partial charge in [0.25, 0.3) is 0 Å². The highest BCUT2D eigenvalue weighted by Crippen LogP contribution is 2.13. The molecule has 1 aromatic rings. The van der Waals surface area contributed by atoms with Gasteiger partial charge in [-0.15, -0.1) is 11.3 Å². The van der Waals surface area contributed by atoms with Crippen molar-refractivity contribution in [3.05, 3.63) is 21.9 Å². The molecule has 0 spiro atoms. The first-order valence-electron chi connectivity index (χ1n) is 2.83. The van der Waals surface area contributed by atoms with E-state index in [9.17, 15) is 9.59 Å². The lowest BCUT2D eigenvalue weighted by atomic mass is 10.2. The van der Waals surface area contributed by atoms with E-state index in [1.165, 1.54) is 11.3 Å². The van der Waals surface area contributed by atoms with Gasteiger partial charge in [-0.25, -0.2) is 0 Å². The second-order valence-corrected chi connectivity index (χ2v) is 2.79. The number of thiophene rings is 1. The van der Waals surface area contributed by atoms with Crippen molar-refractivity contribution in [3.8, 4) is 0 Å². The molecule has 0 fully saturated rings. The average molecular weight is 154 g/mol. The van der Waals surface area contributed by atoms with Crippen molar-refractivity contribution in [2.45, 2.75) is 6.42 Å². The van der Waals surface area contributed by atoms with E-state index < -0.39 is 0 Å². The van der Waals surface area contributed by atoms with Crippen LogP contribution in [0.3, 0.4) is 0 Å². The molecule has 2 nitrogen and oxygen atoms in total. The van der Waals surface area contributed by atoms with Gasteiger partial charge < -0.3 is 4.79 Å². The molecule has 0 atom stereocenters. The summed E-state index contributed by atoms with van der Waals surface area (Å²) in [5.41, 5.74) is 0.636. The summed E-state index contributed by atoms with van der Waals surface area (Å²) < 4.78 is 0. The molecule has 0 N–H and O–H groups in total. The number of rotatable bonds is 3. The average Bonchev–Trinajstić information content (AvgIpc) is 2.36. The number of hydrogen-bond donors (Lipinski definition) is 0. The van der Waals surface area contributed by atoms with Crippen LogP contribution < -0.4 is 0 Å². The Bertz CT molecular complexity index is 240. The van der Waals surface area contributed by atoms with Crippen molar-refractivity contribution in [1.82, 2.24) is 0 Å². The van der Waals surface area contributed by atoms with E-state index in [4.69, 9.17) is 0 Å². The predicted molar refractivity (Wildman–Crippen MR) is 39.5 cm³/mol. The summed E-state index contributed by atoms with van der Waals surface area (Å²) in [6.07, 6.45) is 1.93. The second-order valence-electron chi connectivity index (χ2n) is 1.79. The highest BCUT2D eigenvalue weighted by Gasteiger charge is 2.00. The van der Waals surface area contributed by atoms with Crippen molar-refractivity contribution in [2.24, 2.45) is 0 Å². The quantitative estimate of drug-likeness (QED) is 0.615. The Morgan fingerprint density at radius 1 is 1.50 bits per heavy atom. The molecule has 10 heavy (non-hydrogen) atoms. The molecule has 1 heterocycles. The number of carbonyl (C=O) groups is 2. The van der Waals surface area contributed by atoms with Gasteiger partial charge in [0.1, 0.15) is 6.29 Å². The van der Waals surface area contributed by atoms with Crippen molar-refractivity contribution < 1.29 is 9.59 Å². The number of carbonyl (C=O) groups excluding carboxylic acids is 2. The summed E-state index contributed by atoms with van der Waals surface area (Å²) in [6.45, 7) is 0. The Kier molecular flexibility index (Phi) is 2.34. The van der Waals surface area contributed by atoms with Crippen molar-refractivity contribution in [3.63, 3.8) is 0 Å². The molecule has 0 aliphatic rings. The third-order valence-electron chi connectivity index (χ3n) is 1.18. The normalized spacial score (nSPS) is 9.20. The second kappa shape index (κ2) is 3.27. The van der Waals surface area contributed by atoms with Crippen LogP contribution in [0.2, 0.25) is 0 Å². The number of aldehydes is 2. The van der Waals surface area contributed by atoms with Gasteiger partial charge in [0.15, 0.2) is 6.29 Å². The molecule has 0 aliphatic heterocycles. The summed E-state index contributed by atoms with van der Waals surface area (Å²) in [4.78, 5) is 21.1. The zero-order valence-corrected chi connectivity index (χ0v) is 6.06. The van der Waals surface area contributed by atoms with E-state index >= 15 is 0 Å². The van der Waals surface area contributed by atoms with Crippen molar-refractivity contribution in [2.75, 3.05) is 0 Å². The summed E-state index contributed by atoms with van der Waals surface area (Å²) in [7, 11) is 0. The van der Waals surface area contributed by atoms with Crippen LogP contribution in [0.15, 0.2) is 11.4 Å². The Morgan fingerprint density at radius 2 is 2.30 bits per heavy atom. The lowest BCUT2D eigenvalue weighted by Crippen LogP contribution is -1.85. The molecule has 3 heteroatoms. The van der Waals surface area contributed by atoms with Gasteiger partial charge in [-0.2, -0.15) is 0 Å². The van der Waals surface area contributed by atoms with Gasteiger partial charge in [0.2, 0.25) is 0 Å². The van der Waals surface area contributed by atoms with E-state index in [2.05, 4.69) is 0 Å². The molecular weight excluding hydrogens is 148 g/mol. The fourth-order valence-electron chi connectivity index (χ4n) is 0.697. The highest BCUT2D eigenvalue weighted by molar-refractivity contribution is 7.10. The zero-order chi connectivity index (χ0) is 7.40. The highest BCUT2D eigenvalue weighted by atomic mass is 32.1. The summed E-state index contributed by atoms with van der Waals surface area (Å²) in [5.74, 6) is 0. The Balaban J connectivity index is 2.89. The van der Waals surface area contributed by atoms with Crippen LogP contribution in [-0.4, -0.2) is 12.6 Å². The molecule has 0 saturated heterocycles. The minimum atomic E-state index is 0.353. The third-order valence-corrected chi connectivity index (χ3v) is 2.13. The fourth-order valence-corrected chi connectivity index (χ4v) is 1.49. The monoisotopic (exact) mass is 154 g/mol. The molecule has 0 aromatic carbocycles. The maximum Gasteiger partial charge on any atom is 0.151 e. The smallest absolute Gasteiger partial charge is 0.151 e. The van der Waals surface area contributed by atoms with Crippen molar-refractivity contribution in [1.29, 1.82) is 0 Å². The summed E-state index contributed by atoms with van der Waals surface area (Å²) in [5, 5.41) is 1.81. The first-order valence-corrected chi connectivity index (χ1v) is 3.71. The molecule has 0 aliphatic carbocycles. The molecule has 1 rings (SSSR count). The molecule has 0 bridgehead atoms. The van der Waals surface area contributed by atoms with E-state index in [1.807, 2.05) is 5.38 Å². The molecule has 1 aromatic heterocycles. The lowest BCUT2D eigenvalue weighted by molar-refractivity contribution is -0.107. The van der Waals surface area contributed by atoms with Gasteiger partial charge in [-0.1, -0.05) is 0 Å². The van der Waals surface area contributed by atoms with Gasteiger partial charge >= 0.3 is 0 Å². The minimum Gasteiger partial charge on any atom is -0.303 e. The van der Waals surface area contributed by atoms with E-state index in [-0.39, 0.29) is 0 Å². The van der Waals surface area contributed by atoms with Gasteiger partial charge in [-0.3, -0.25) is 4.79 Å². The van der Waals surface area contributed by atoms with E-state index in [0.29, 0.717) is 12.0 Å². The van der Waals surface area contributed by atoms with Crippen LogP contribution in [0, 0.1) is 0 Å². The maximum atomic E-state index is 10.3. The maximum absolute atomic E-state index is 10.3. The lowest BCUT2D eigenvalue weighted by Gasteiger charge is -1.86. The third kappa shape index (κ3) is 1.30. The minimum absolute atomic E-state index is 0.353. The molecule has 0 radical (unpaired) electrons. The van der Waals surface area contributed by atoms with Crippen LogP contribution in [0.5, 0.6) is 0 Å². The molecule has 52 valence electrons. The van der Waals surface area contributed by atoms with Crippen LogP contribution >= 0.6 is 11.3 Å². The van der Waals surface area contributed by atoms with E-state index in [1.54, 1.807) is 6.07 Å². The predicted octanol–water partition coefficient (Wildman–Crippen LogP) is 1.30. The Morgan fingerprint density at radius 3 is 2.90 bits per heavy atom. The Hall–Kier alpha value is -0.960. The zero-order valence-electron chi connectivity index (χ0n) is 5.24. The molecule has 0 amide bonds.